The van der Waals surface area contributed by atoms with Crippen molar-refractivity contribution in [1.29, 1.82) is 0 Å². The number of sulfonamides is 1. The number of anilines is 2. The molecule has 33 heavy (non-hydrogen) atoms. The van der Waals surface area contributed by atoms with Gasteiger partial charge < -0.3 is 15.2 Å². The molecule has 0 saturated carbocycles. The standard InChI is InChI=1S/C21H17F3N2O5S2/c1-31-19-5-3-2-4-16(19)26-33(29,30)15-10-11-18(27)17(12-15)25-20(28)13-6-8-14(9-7-13)32-21(22,23)24/h2-12,26-27H,1H3,(H,25,28). The van der Waals surface area contributed by atoms with Crippen LogP contribution in [0.2, 0.25) is 0 Å². The molecule has 0 fully saturated rings. The molecule has 12 heteroatoms. The second-order valence-electron chi connectivity index (χ2n) is 6.51. The maximum atomic E-state index is 12.8. The first-order valence-electron chi connectivity index (χ1n) is 9.14. The van der Waals surface area contributed by atoms with E-state index in [9.17, 15) is 31.5 Å². The number of aromatic hydroxyl groups is 1. The van der Waals surface area contributed by atoms with E-state index in [1.165, 1.54) is 25.3 Å². The van der Waals surface area contributed by atoms with Crippen molar-refractivity contribution in [2.45, 2.75) is 15.3 Å². The van der Waals surface area contributed by atoms with Gasteiger partial charge in [0.25, 0.3) is 15.9 Å². The van der Waals surface area contributed by atoms with Crippen LogP contribution in [-0.4, -0.2) is 32.0 Å². The first-order chi connectivity index (χ1) is 15.5. The quantitative estimate of drug-likeness (QED) is 0.311. The Bertz CT molecular complexity index is 1260. The number of para-hydroxylation sites is 2. The van der Waals surface area contributed by atoms with Crippen molar-refractivity contribution in [2.75, 3.05) is 17.1 Å². The number of halogens is 3. The van der Waals surface area contributed by atoms with Crippen molar-refractivity contribution in [1.82, 2.24) is 0 Å². The summed E-state index contributed by atoms with van der Waals surface area (Å²) in [5, 5.41) is 12.4. The third-order valence-electron chi connectivity index (χ3n) is 4.23. The molecular formula is C21H17F3N2O5S2. The van der Waals surface area contributed by atoms with Crippen LogP contribution in [0.1, 0.15) is 10.4 Å². The lowest BCUT2D eigenvalue weighted by atomic mass is 10.2. The van der Waals surface area contributed by atoms with Crippen LogP contribution in [0.25, 0.3) is 0 Å². The number of methoxy groups -OCH3 is 1. The van der Waals surface area contributed by atoms with E-state index in [1.807, 2.05) is 0 Å². The summed E-state index contributed by atoms with van der Waals surface area (Å²) >= 11 is -0.319. The molecule has 0 aromatic heterocycles. The third-order valence-corrected chi connectivity index (χ3v) is 6.33. The van der Waals surface area contributed by atoms with E-state index in [1.54, 1.807) is 18.2 Å². The van der Waals surface area contributed by atoms with Crippen molar-refractivity contribution in [3.63, 3.8) is 0 Å². The van der Waals surface area contributed by atoms with Gasteiger partial charge in [0.15, 0.2) is 0 Å². The minimum Gasteiger partial charge on any atom is -0.506 e. The van der Waals surface area contributed by atoms with E-state index in [-0.39, 0.29) is 38.5 Å². The first-order valence-corrected chi connectivity index (χ1v) is 11.4. The summed E-state index contributed by atoms with van der Waals surface area (Å²) in [6, 6.07) is 14.3. The van der Waals surface area contributed by atoms with Crippen molar-refractivity contribution in [2.24, 2.45) is 0 Å². The van der Waals surface area contributed by atoms with Gasteiger partial charge in [-0.3, -0.25) is 9.52 Å². The van der Waals surface area contributed by atoms with Gasteiger partial charge in [0.05, 0.1) is 23.4 Å². The monoisotopic (exact) mass is 498 g/mol. The smallest absolute Gasteiger partial charge is 0.446 e. The van der Waals surface area contributed by atoms with E-state index < -0.39 is 27.2 Å². The highest BCUT2D eigenvalue weighted by molar-refractivity contribution is 8.00. The Kier molecular flexibility index (Phi) is 7.08. The van der Waals surface area contributed by atoms with E-state index in [2.05, 4.69) is 10.0 Å². The lowest BCUT2D eigenvalue weighted by Crippen LogP contribution is -2.15. The molecule has 0 aliphatic rings. The molecular weight excluding hydrogens is 481 g/mol. The molecule has 3 aromatic rings. The lowest BCUT2D eigenvalue weighted by Gasteiger charge is -2.13. The number of nitrogens with one attached hydrogen (secondary N) is 2. The number of rotatable bonds is 7. The fourth-order valence-electron chi connectivity index (χ4n) is 2.72. The number of alkyl halides is 3. The number of benzene rings is 3. The van der Waals surface area contributed by atoms with Gasteiger partial charge in [-0.15, -0.1) is 0 Å². The van der Waals surface area contributed by atoms with Gasteiger partial charge in [-0.1, -0.05) is 12.1 Å². The number of hydrogen-bond acceptors (Lipinski definition) is 6. The van der Waals surface area contributed by atoms with Gasteiger partial charge in [0, 0.05) is 10.5 Å². The van der Waals surface area contributed by atoms with Crippen molar-refractivity contribution < 1.29 is 36.2 Å². The van der Waals surface area contributed by atoms with Crippen LogP contribution >= 0.6 is 11.8 Å². The molecule has 1 amide bonds. The number of phenols is 1. The summed E-state index contributed by atoms with van der Waals surface area (Å²) in [7, 11) is -2.73. The second-order valence-corrected chi connectivity index (χ2v) is 9.33. The molecule has 3 rings (SSSR count). The molecule has 3 N–H and O–H groups in total. The van der Waals surface area contributed by atoms with Gasteiger partial charge in [-0.05, 0) is 66.4 Å². The number of amides is 1. The maximum Gasteiger partial charge on any atom is 0.446 e. The Labute approximate surface area is 191 Å². The topological polar surface area (TPSA) is 105 Å². The summed E-state index contributed by atoms with van der Waals surface area (Å²) in [5.74, 6) is -0.856. The molecule has 0 radical (unpaired) electrons. The molecule has 3 aromatic carbocycles. The largest absolute Gasteiger partial charge is 0.506 e. The van der Waals surface area contributed by atoms with E-state index in [0.717, 1.165) is 30.3 Å². The van der Waals surface area contributed by atoms with Crippen LogP contribution < -0.4 is 14.8 Å². The fraction of sp³-hybridized carbons (Fsp3) is 0.0952. The summed E-state index contributed by atoms with van der Waals surface area (Å²) in [5.41, 5.74) is -4.45. The molecule has 0 aliphatic heterocycles. The van der Waals surface area contributed by atoms with Crippen molar-refractivity contribution in [3.05, 3.63) is 72.3 Å². The number of ether oxygens (including phenoxy) is 1. The minimum absolute atomic E-state index is 0.0151. The van der Waals surface area contributed by atoms with E-state index >= 15 is 0 Å². The Morgan fingerprint density at radius 2 is 1.67 bits per heavy atom. The van der Waals surface area contributed by atoms with E-state index in [4.69, 9.17) is 4.74 Å². The maximum absolute atomic E-state index is 12.8. The molecule has 0 atom stereocenters. The highest BCUT2D eigenvalue weighted by atomic mass is 32.2. The Morgan fingerprint density at radius 3 is 2.30 bits per heavy atom. The van der Waals surface area contributed by atoms with Crippen LogP contribution in [0.3, 0.4) is 0 Å². The number of thioether (sulfide) groups is 1. The van der Waals surface area contributed by atoms with Gasteiger partial charge in [-0.25, -0.2) is 8.42 Å². The van der Waals surface area contributed by atoms with Gasteiger partial charge in [0.1, 0.15) is 11.5 Å². The molecule has 0 spiro atoms. The molecule has 0 unspecified atom stereocenters. The Balaban J connectivity index is 1.80. The minimum atomic E-state index is -4.46. The number of phenolic OH excluding ortho intramolecular Hbond substituents is 1. The number of carbonyl (C=O) groups is 1. The third kappa shape index (κ3) is 6.33. The normalized spacial score (nSPS) is 11.6. The van der Waals surface area contributed by atoms with Crippen LogP contribution in [0.15, 0.2) is 76.5 Å². The zero-order valence-electron chi connectivity index (χ0n) is 16.9. The van der Waals surface area contributed by atoms with Crippen LogP contribution in [0, 0.1) is 0 Å². The molecule has 0 bridgehead atoms. The highest BCUT2D eigenvalue weighted by Gasteiger charge is 2.29. The zero-order valence-corrected chi connectivity index (χ0v) is 18.5. The lowest BCUT2D eigenvalue weighted by molar-refractivity contribution is -0.0328. The molecule has 174 valence electrons. The van der Waals surface area contributed by atoms with Gasteiger partial charge in [-0.2, -0.15) is 13.2 Å². The summed E-state index contributed by atoms with van der Waals surface area (Å²) in [4.78, 5) is 12.1. The summed E-state index contributed by atoms with van der Waals surface area (Å²) < 4.78 is 70.4. The van der Waals surface area contributed by atoms with Crippen LogP contribution in [0.4, 0.5) is 24.5 Å². The fourth-order valence-corrected chi connectivity index (χ4v) is 4.35. The van der Waals surface area contributed by atoms with Crippen molar-refractivity contribution in [3.8, 4) is 11.5 Å². The average molecular weight is 499 g/mol. The van der Waals surface area contributed by atoms with Gasteiger partial charge >= 0.3 is 5.51 Å². The second kappa shape index (κ2) is 9.63. The predicted octanol–water partition coefficient (Wildman–Crippen LogP) is 5.07. The first kappa shape index (κ1) is 24.3. The predicted molar refractivity (Wildman–Crippen MR) is 118 cm³/mol. The van der Waals surface area contributed by atoms with Crippen molar-refractivity contribution >= 4 is 39.1 Å². The summed E-state index contributed by atoms with van der Waals surface area (Å²) in [6.45, 7) is 0. The Morgan fingerprint density at radius 1 is 1.00 bits per heavy atom. The molecule has 7 nitrogen and oxygen atoms in total. The summed E-state index contributed by atoms with van der Waals surface area (Å²) in [6.07, 6.45) is 0. The number of carbonyl (C=O) groups excluding carboxylic acids is 1. The average Bonchev–Trinajstić information content (AvgIpc) is 2.74. The zero-order chi connectivity index (χ0) is 24.2. The Hall–Kier alpha value is -3.38. The number of hydrogen-bond donors (Lipinski definition) is 3. The highest BCUT2D eigenvalue weighted by Crippen LogP contribution is 2.37. The SMILES string of the molecule is COc1ccccc1NS(=O)(=O)c1ccc(O)c(NC(=O)c2ccc(SC(F)(F)F)cc2)c1. The molecule has 0 heterocycles. The van der Waals surface area contributed by atoms with E-state index in [0.29, 0.717) is 5.75 Å². The van der Waals surface area contributed by atoms with Crippen LogP contribution in [0.5, 0.6) is 11.5 Å². The molecule has 0 aliphatic carbocycles. The van der Waals surface area contributed by atoms with Crippen LogP contribution in [-0.2, 0) is 10.0 Å². The van der Waals surface area contributed by atoms with Gasteiger partial charge in [0.2, 0.25) is 0 Å². The molecule has 0 saturated heterocycles.